The summed E-state index contributed by atoms with van der Waals surface area (Å²) in [6.45, 7) is 1.63. The van der Waals surface area contributed by atoms with Gasteiger partial charge < -0.3 is 10.6 Å². The molecule has 2 amide bonds. The SMILES string of the molecule is Cc1nc(C(=O)Nc2cc(F)ccc2NC(=O)c2ccccn2)nn1-c1ccc(F)cc1. The maximum absolute atomic E-state index is 13.8. The van der Waals surface area contributed by atoms with E-state index in [2.05, 4.69) is 25.7 Å². The van der Waals surface area contributed by atoms with Crippen molar-refractivity contribution in [3.63, 3.8) is 0 Å². The molecule has 10 heteroatoms. The second-order valence-corrected chi connectivity index (χ2v) is 6.68. The quantitative estimate of drug-likeness (QED) is 0.498. The zero-order valence-electron chi connectivity index (χ0n) is 16.7. The van der Waals surface area contributed by atoms with Gasteiger partial charge in [-0.05, 0) is 61.5 Å². The van der Waals surface area contributed by atoms with Crippen LogP contribution in [0.1, 0.15) is 26.9 Å². The maximum atomic E-state index is 13.8. The molecule has 0 atom stereocenters. The van der Waals surface area contributed by atoms with E-state index in [1.807, 2.05) is 0 Å². The van der Waals surface area contributed by atoms with Crippen molar-refractivity contribution < 1.29 is 18.4 Å². The van der Waals surface area contributed by atoms with Crippen molar-refractivity contribution >= 4 is 23.2 Å². The lowest BCUT2D eigenvalue weighted by Gasteiger charge is -2.11. The summed E-state index contributed by atoms with van der Waals surface area (Å²) in [7, 11) is 0. The molecule has 2 aromatic heterocycles. The number of hydrogen-bond acceptors (Lipinski definition) is 5. The Kier molecular flexibility index (Phi) is 5.67. The first-order valence-corrected chi connectivity index (χ1v) is 9.43. The molecule has 8 nitrogen and oxygen atoms in total. The normalized spacial score (nSPS) is 10.6. The summed E-state index contributed by atoms with van der Waals surface area (Å²) < 4.78 is 28.4. The van der Waals surface area contributed by atoms with Crippen molar-refractivity contribution in [1.29, 1.82) is 0 Å². The third-order valence-electron chi connectivity index (χ3n) is 4.42. The van der Waals surface area contributed by atoms with Gasteiger partial charge in [-0.3, -0.25) is 14.6 Å². The van der Waals surface area contributed by atoms with Gasteiger partial charge in [-0.2, -0.15) is 0 Å². The molecule has 0 spiro atoms. The lowest BCUT2D eigenvalue weighted by atomic mass is 10.2. The van der Waals surface area contributed by atoms with Crippen LogP contribution < -0.4 is 10.6 Å². The first-order valence-electron chi connectivity index (χ1n) is 9.43. The highest BCUT2D eigenvalue weighted by molar-refractivity contribution is 6.08. The molecule has 0 aliphatic carbocycles. The summed E-state index contributed by atoms with van der Waals surface area (Å²) in [6, 6.07) is 13.9. The van der Waals surface area contributed by atoms with Gasteiger partial charge in [0.15, 0.2) is 0 Å². The molecule has 4 aromatic rings. The molecule has 0 unspecified atom stereocenters. The Labute approximate surface area is 180 Å². The van der Waals surface area contributed by atoms with E-state index < -0.39 is 23.4 Å². The highest BCUT2D eigenvalue weighted by Crippen LogP contribution is 2.24. The molecule has 0 fully saturated rings. The summed E-state index contributed by atoms with van der Waals surface area (Å²) in [5, 5.41) is 9.25. The minimum atomic E-state index is -0.715. The van der Waals surface area contributed by atoms with Crippen molar-refractivity contribution in [2.24, 2.45) is 0 Å². The van der Waals surface area contributed by atoms with Crippen LogP contribution in [0.5, 0.6) is 0 Å². The van der Waals surface area contributed by atoms with E-state index in [4.69, 9.17) is 0 Å². The zero-order chi connectivity index (χ0) is 22.7. The lowest BCUT2D eigenvalue weighted by molar-refractivity contribution is 0.100. The van der Waals surface area contributed by atoms with Gasteiger partial charge >= 0.3 is 0 Å². The van der Waals surface area contributed by atoms with E-state index in [-0.39, 0.29) is 22.9 Å². The van der Waals surface area contributed by atoms with Crippen LogP contribution in [-0.4, -0.2) is 31.6 Å². The number of anilines is 2. The summed E-state index contributed by atoms with van der Waals surface area (Å²) in [5.74, 6) is -2.05. The number of halogens is 2. The average molecular weight is 434 g/mol. The van der Waals surface area contributed by atoms with Crippen LogP contribution in [0.25, 0.3) is 5.69 Å². The fraction of sp³-hybridized carbons (Fsp3) is 0.0455. The first-order chi connectivity index (χ1) is 15.4. The van der Waals surface area contributed by atoms with Gasteiger partial charge in [-0.25, -0.2) is 18.4 Å². The second-order valence-electron chi connectivity index (χ2n) is 6.68. The van der Waals surface area contributed by atoms with Crippen LogP contribution in [0, 0.1) is 18.6 Å². The average Bonchev–Trinajstić information content (AvgIpc) is 3.18. The van der Waals surface area contributed by atoms with Crippen molar-refractivity contribution in [2.75, 3.05) is 10.6 Å². The van der Waals surface area contributed by atoms with Crippen LogP contribution in [-0.2, 0) is 0 Å². The fourth-order valence-corrected chi connectivity index (χ4v) is 2.90. The lowest BCUT2D eigenvalue weighted by Crippen LogP contribution is -2.18. The van der Waals surface area contributed by atoms with Gasteiger partial charge in [0.1, 0.15) is 23.2 Å². The van der Waals surface area contributed by atoms with Gasteiger partial charge in [-0.15, -0.1) is 5.10 Å². The van der Waals surface area contributed by atoms with E-state index in [1.54, 1.807) is 19.1 Å². The van der Waals surface area contributed by atoms with E-state index >= 15 is 0 Å². The van der Waals surface area contributed by atoms with Crippen LogP contribution in [0.3, 0.4) is 0 Å². The summed E-state index contributed by atoms with van der Waals surface area (Å²) in [6.07, 6.45) is 1.47. The van der Waals surface area contributed by atoms with E-state index in [9.17, 15) is 18.4 Å². The molecule has 160 valence electrons. The molecule has 2 heterocycles. The summed E-state index contributed by atoms with van der Waals surface area (Å²) >= 11 is 0. The first kappa shape index (κ1) is 20.8. The standard InChI is InChI=1S/C22H16F2N6O2/c1-13-26-20(29-30(13)16-8-5-14(23)6-9-16)22(32)28-19-12-15(24)7-10-17(19)27-21(31)18-4-2-3-11-25-18/h2-12H,1H3,(H,27,31)(H,28,32). The molecule has 0 radical (unpaired) electrons. The van der Waals surface area contributed by atoms with E-state index in [1.165, 1.54) is 47.3 Å². The largest absolute Gasteiger partial charge is 0.319 e. The molecule has 0 aliphatic rings. The molecular weight excluding hydrogens is 418 g/mol. The van der Waals surface area contributed by atoms with Crippen molar-refractivity contribution in [3.05, 3.63) is 95.8 Å². The molecule has 2 N–H and O–H groups in total. The summed E-state index contributed by atoms with van der Waals surface area (Å²) in [5.41, 5.74) is 0.870. The third-order valence-corrected chi connectivity index (χ3v) is 4.42. The Morgan fingerprint density at radius 1 is 0.875 bits per heavy atom. The Morgan fingerprint density at radius 3 is 2.31 bits per heavy atom. The van der Waals surface area contributed by atoms with Crippen LogP contribution in [0.15, 0.2) is 66.9 Å². The minimum Gasteiger partial charge on any atom is -0.319 e. The number of nitrogens with zero attached hydrogens (tertiary/aromatic N) is 4. The van der Waals surface area contributed by atoms with Gasteiger partial charge in [-0.1, -0.05) is 6.07 Å². The van der Waals surface area contributed by atoms with E-state index in [0.717, 1.165) is 12.1 Å². The number of hydrogen-bond donors (Lipinski definition) is 2. The monoisotopic (exact) mass is 434 g/mol. The number of amides is 2. The third kappa shape index (κ3) is 4.48. The number of carbonyl (C=O) groups excluding carboxylic acids is 2. The summed E-state index contributed by atoms with van der Waals surface area (Å²) in [4.78, 5) is 33.2. The molecule has 4 rings (SSSR count). The smallest absolute Gasteiger partial charge is 0.295 e. The van der Waals surface area contributed by atoms with Gasteiger partial charge in [0.05, 0.1) is 17.1 Å². The Morgan fingerprint density at radius 2 is 1.59 bits per heavy atom. The van der Waals surface area contributed by atoms with E-state index in [0.29, 0.717) is 11.5 Å². The van der Waals surface area contributed by atoms with Crippen LogP contribution in [0.4, 0.5) is 20.2 Å². The minimum absolute atomic E-state index is 0.0232. The number of aryl methyl sites for hydroxylation is 1. The fourth-order valence-electron chi connectivity index (χ4n) is 2.90. The van der Waals surface area contributed by atoms with Crippen LogP contribution >= 0.6 is 0 Å². The maximum Gasteiger partial charge on any atom is 0.295 e. The van der Waals surface area contributed by atoms with Crippen molar-refractivity contribution in [1.82, 2.24) is 19.7 Å². The molecule has 0 aliphatic heterocycles. The highest BCUT2D eigenvalue weighted by atomic mass is 19.1. The predicted molar refractivity (Wildman–Crippen MR) is 113 cm³/mol. The molecule has 32 heavy (non-hydrogen) atoms. The Balaban J connectivity index is 1.57. The van der Waals surface area contributed by atoms with Gasteiger partial charge in [0, 0.05) is 6.20 Å². The topological polar surface area (TPSA) is 102 Å². The molecule has 0 saturated heterocycles. The number of aromatic nitrogens is 4. The predicted octanol–water partition coefficient (Wildman–Crippen LogP) is 3.75. The Hall–Kier alpha value is -4.47. The number of rotatable bonds is 5. The molecule has 0 bridgehead atoms. The molecule has 0 saturated carbocycles. The number of pyridine rings is 1. The number of nitrogens with one attached hydrogen (secondary N) is 2. The highest BCUT2D eigenvalue weighted by Gasteiger charge is 2.18. The number of benzene rings is 2. The molecule has 2 aromatic carbocycles. The Bertz CT molecular complexity index is 1290. The second kappa shape index (κ2) is 8.72. The van der Waals surface area contributed by atoms with Gasteiger partial charge in [0.2, 0.25) is 5.82 Å². The van der Waals surface area contributed by atoms with Crippen LogP contribution in [0.2, 0.25) is 0 Å². The van der Waals surface area contributed by atoms with Gasteiger partial charge in [0.25, 0.3) is 11.8 Å². The van der Waals surface area contributed by atoms with Crippen molar-refractivity contribution in [2.45, 2.75) is 6.92 Å². The van der Waals surface area contributed by atoms with Crippen molar-refractivity contribution in [3.8, 4) is 5.69 Å². The molecular formula is C22H16F2N6O2. The zero-order valence-corrected chi connectivity index (χ0v) is 16.7. The number of carbonyl (C=O) groups is 2.